The smallest absolute Gasteiger partial charge is 0.272 e. The second kappa shape index (κ2) is 9.41. The summed E-state index contributed by atoms with van der Waals surface area (Å²) in [5, 5.41) is 16.0. The molecule has 0 fully saturated rings. The van der Waals surface area contributed by atoms with Crippen molar-refractivity contribution in [3.05, 3.63) is 71.0 Å². The van der Waals surface area contributed by atoms with Crippen LogP contribution in [0.25, 0.3) is 17.2 Å². The highest BCUT2D eigenvalue weighted by atomic mass is 16.5. The molecular formula is C27H28N6O3. The van der Waals surface area contributed by atoms with E-state index in [2.05, 4.69) is 15.5 Å². The molecule has 184 valence electrons. The molecule has 2 aromatic carbocycles. The minimum Gasteiger partial charge on any atom is -0.493 e. The number of nitrogens with zero attached hydrogens (tertiary/aromatic N) is 5. The maximum Gasteiger partial charge on any atom is 0.272 e. The van der Waals surface area contributed by atoms with Gasteiger partial charge in [-0.25, -0.2) is 4.98 Å². The zero-order valence-electron chi connectivity index (χ0n) is 20.9. The summed E-state index contributed by atoms with van der Waals surface area (Å²) < 4.78 is 13.0. The molecule has 0 spiro atoms. The van der Waals surface area contributed by atoms with Gasteiger partial charge in [-0.05, 0) is 45.4 Å². The number of ether oxygens (including phenoxy) is 2. The number of methoxy groups -OCH3 is 1. The Balaban J connectivity index is 1.57. The highest BCUT2D eigenvalue weighted by molar-refractivity contribution is 5.95. The average Bonchev–Trinajstić information content (AvgIpc) is 3.20. The third kappa shape index (κ3) is 4.39. The van der Waals surface area contributed by atoms with Crippen LogP contribution in [0.2, 0.25) is 0 Å². The Morgan fingerprint density at radius 2 is 1.86 bits per heavy atom. The van der Waals surface area contributed by atoms with E-state index < -0.39 is 0 Å². The molecule has 1 atom stereocenters. The van der Waals surface area contributed by atoms with Crippen molar-refractivity contribution >= 4 is 11.7 Å². The molecule has 0 saturated heterocycles. The molecule has 0 radical (unpaired) electrons. The van der Waals surface area contributed by atoms with Crippen molar-refractivity contribution in [1.29, 1.82) is 0 Å². The first-order chi connectivity index (χ1) is 17.3. The minimum atomic E-state index is -0.210. The molecule has 9 heteroatoms. The molecule has 5 rings (SSSR count). The van der Waals surface area contributed by atoms with Gasteiger partial charge in [0.15, 0.2) is 11.5 Å². The molecule has 0 unspecified atom stereocenters. The van der Waals surface area contributed by atoms with Crippen LogP contribution in [0.15, 0.2) is 48.7 Å². The maximum absolute atomic E-state index is 12.8. The summed E-state index contributed by atoms with van der Waals surface area (Å²) in [5.74, 6) is 1.80. The van der Waals surface area contributed by atoms with Gasteiger partial charge >= 0.3 is 0 Å². The van der Waals surface area contributed by atoms with E-state index >= 15 is 0 Å². The molecule has 2 aromatic heterocycles. The number of carbonyl (C=O) groups excluding carboxylic acids is 1. The van der Waals surface area contributed by atoms with Crippen molar-refractivity contribution in [1.82, 2.24) is 25.0 Å². The number of amides is 1. The molecule has 3 heterocycles. The molecule has 0 bridgehead atoms. The van der Waals surface area contributed by atoms with E-state index in [-0.39, 0.29) is 30.3 Å². The van der Waals surface area contributed by atoms with Gasteiger partial charge in [0.25, 0.3) is 5.95 Å². The largest absolute Gasteiger partial charge is 0.493 e. The van der Waals surface area contributed by atoms with Crippen LogP contribution in [0.3, 0.4) is 0 Å². The number of anilines is 1. The minimum absolute atomic E-state index is 0.0153. The number of hydrogen-bond donors (Lipinski definition) is 1. The molecule has 1 aliphatic heterocycles. The predicted octanol–water partition coefficient (Wildman–Crippen LogP) is 4.61. The molecule has 36 heavy (non-hydrogen) atoms. The summed E-state index contributed by atoms with van der Waals surface area (Å²) in [6.45, 7) is 7.89. The summed E-state index contributed by atoms with van der Waals surface area (Å²) in [5.41, 5.74) is 5.39. The standard InChI is InChI=1S/C27H28N6O3/c1-15(2)36-22-11-10-19(12-23(22)35-5)20-13-24(34)30-26-25(20)17(4)32-33(26)27-29-21(14-28-31-27)18-8-6-16(3)7-9-18/h6-12,14-15,20H,13H2,1-5H3,(H,30,34)/t20-/m0/s1. The summed E-state index contributed by atoms with van der Waals surface area (Å²) in [4.78, 5) is 17.5. The zero-order chi connectivity index (χ0) is 25.4. The van der Waals surface area contributed by atoms with Gasteiger partial charge in [-0.2, -0.15) is 14.9 Å². The molecule has 4 aromatic rings. The van der Waals surface area contributed by atoms with Crippen molar-refractivity contribution in [2.75, 3.05) is 12.4 Å². The van der Waals surface area contributed by atoms with Gasteiger partial charge in [-0.3, -0.25) is 4.79 Å². The van der Waals surface area contributed by atoms with Gasteiger partial charge in [0.1, 0.15) is 5.82 Å². The molecule has 1 N–H and O–H groups in total. The average molecular weight is 485 g/mol. The van der Waals surface area contributed by atoms with Gasteiger partial charge in [-0.1, -0.05) is 35.9 Å². The van der Waals surface area contributed by atoms with Gasteiger partial charge in [-0.15, -0.1) is 5.10 Å². The fourth-order valence-electron chi connectivity index (χ4n) is 4.48. The summed E-state index contributed by atoms with van der Waals surface area (Å²) in [7, 11) is 1.61. The lowest BCUT2D eigenvalue weighted by molar-refractivity contribution is -0.116. The Labute approximate surface area is 209 Å². The van der Waals surface area contributed by atoms with Crippen LogP contribution in [0.4, 0.5) is 5.82 Å². The number of carbonyl (C=O) groups is 1. The zero-order valence-corrected chi connectivity index (χ0v) is 20.9. The number of benzene rings is 2. The molecule has 0 aliphatic carbocycles. The molecule has 1 aliphatic rings. The van der Waals surface area contributed by atoms with E-state index in [1.165, 1.54) is 0 Å². The van der Waals surface area contributed by atoms with E-state index in [0.717, 1.165) is 27.9 Å². The molecule has 1 amide bonds. The van der Waals surface area contributed by atoms with Gasteiger partial charge in [0, 0.05) is 23.5 Å². The van der Waals surface area contributed by atoms with E-state index in [1.54, 1.807) is 18.0 Å². The summed E-state index contributed by atoms with van der Waals surface area (Å²) in [6, 6.07) is 13.8. The summed E-state index contributed by atoms with van der Waals surface area (Å²) in [6.07, 6.45) is 1.92. The van der Waals surface area contributed by atoms with Crippen LogP contribution in [0.1, 0.15) is 48.6 Å². The monoisotopic (exact) mass is 484 g/mol. The first kappa shape index (κ1) is 23.5. The fraction of sp³-hybridized carbons (Fsp3) is 0.296. The first-order valence-electron chi connectivity index (χ1n) is 11.8. The normalized spacial score (nSPS) is 14.9. The third-order valence-corrected chi connectivity index (χ3v) is 6.14. The van der Waals surface area contributed by atoms with E-state index in [9.17, 15) is 4.79 Å². The van der Waals surface area contributed by atoms with E-state index in [4.69, 9.17) is 19.6 Å². The molecular weight excluding hydrogens is 456 g/mol. The van der Waals surface area contributed by atoms with Crippen molar-refractivity contribution in [3.63, 3.8) is 0 Å². The molecule has 9 nitrogen and oxygen atoms in total. The van der Waals surface area contributed by atoms with Gasteiger partial charge < -0.3 is 14.8 Å². The quantitative estimate of drug-likeness (QED) is 0.426. The highest BCUT2D eigenvalue weighted by Crippen LogP contribution is 2.42. The van der Waals surface area contributed by atoms with Crippen LogP contribution in [0, 0.1) is 13.8 Å². The summed E-state index contributed by atoms with van der Waals surface area (Å²) >= 11 is 0. The number of fused-ring (bicyclic) bond motifs is 1. The SMILES string of the molecule is COc1cc([C@@H]2CC(=O)Nc3c2c(C)nn3-c2nncc(-c3ccc(C)cc3)n2)ccc1OC(C)C. The molecule has 0 saturated carbocycles. The fourth-order valence-corrected chi connectivity index (χ4v) is 4.48. The van der Waals surface area contributed by atoms with Crippen LogP contribution in [-0.2, 0) is 4.79 Å². The van der Waals surface area contributed by atoms with Gasteiger partial charge in [0.2, 0.25) is 5.91 Å². The lowest BCUT2D eigenvalue weighted by Gasteiger charge is -2.25. The van der Waals surface area contributed by atoms with E-state index in [0.29, 0.717) is 23.0 Å². The Morgan fingerprint density at radius 3 is 2.58 bits per heavy atom. The lowest BCUT2D eigenvalue weighted by atomic mass is 9.85. The van der Waals surface area contributed by atoms with Crippen molar-refractivity contribution in [2.45, 2.75) is 46.1 Å². The Hall–Kier alpha value is -4.27. The maximum atomic E-state index is 12.8. The van der Waals surface area contributed by atoms with Crippen molar-refractivity contribution < 1.29 is 14.3 Å². The highest BCUT2D eigenvalue weighted by Gasteiger charge is 2.34. The third-order valence-electron chi connectivity index (χ3n) is 6.14. The van der Waals surface area contributed by atoms with Crippen LogP contribution < -0.4 is 14.8 Å². The van der Waals surface area contributed by atoms with Crippen LogP contribution in [0.5, 0.6) is 11.5 Å². The number of aromatic nitrogens is 5. The number of rotatable bonds is 6. The lowest BCUT2D eigenvalue weighted by Crippen LogP contribution is -2.25. The first-order valence-corrected chi connectivity index (χ1v) is 11.8. The Bertz CT molecular complexity index is 1430. The number of hydrogen-bond acceptors (Lipinski definition) is 7. The number of nitrogens with one attached hydrogen (secondary N) is 1. The predicted molar refractivity (Wildman–Crippen MR) is 136 cm³/mol. The van der Waals surface area contributed by atoms with Gasteiger partial charge in [0.05, 0.1) is 30.8 Å². The second-order valence-corrected chi connectivity index (χ2v) is 9.15. The Morgan fingerprint density at radius 1 is 1.08 bits per heavy atom. The second-order valence-electron chi connectivity index (χ2n) is 9.15. The van der Waals surface area contributed by atoms with Crippen LogP contribution >= 0.6 is 0 Å². The topological polar surface area (TPSA) is 104 Å². The van der Waals surface area contributed by atoms with E-state index in [1.807, 2.05) is 70.2 Å². The number of aryl methyl sites for hydroxylation is 2. The van der Waals surface area contributed by atoms with Crippen molar-refractivity contribution in [2.24, 2.45) is 0 Å². The van der Waals surface area contributed by atoms with Crippen LogP contribution in [-0.4, -0.2) is 44.1 Å². The van der Waals surface area contributed by atoms with Crippen molar-refractivity contribution in [3.8, 4) is 28.7 Å². The Kier molecular flexibility index (Phi) is 6.13.